The minimum atomic E-state index is -0.0602. The first kappa shape index (κ1) is 15.9. The third-order valence-corrected chi connectivity index (χ3v) is 3.89. The van der Waals surface area contributed by atoms with Crippen LogP contribution in [0.1, 0.15) is 12.0 Å². The number of carbonyl (C=O) groups excluding carboxylic acids is 1. The summed E-state index contributed by atoms with van der Waals surface area (Å²) in [7, 11) is 0. The van der Waals surface area contributed by atoms with Crippen LogP contribution in [-0.4, -0.2) is 22.0 Å². The molecule has 2 heterocycles. The second-order valence-electron chi connectivity index (χ2n) is 5.64. The number of nitrogens with one attached hydrogen (secondary N) is 1. The maximum atomic E-state index is 12.1. The molecular weight excluding hydrogens is 302 g/mol. The van der Waals surface area contributed by atoms with E-state index in [0.717, 1.165) is 23.9 Å². The Labute approximate surface area is 140 Å². The fourth-order valence-corrected chi connectivity index (χ4v) is 2.68. The molecule has 5 heteroatoms. The van der Waals surface area contributed by atoms with Gasteiger partial charge in [0.15, 0.2) is 5.43 Å². The Bertz CT molecular complexity index is 888. The molecule has 1 amide bonds. The molecule has 0 radical (unpaired) electrons. The minimum Gasteiger partial charge on any atom is -0.355 e. The van der Waals surface area contributed by atoms with Crippen LogP contribution in [0.3, 0.4) is 0 Å². The Morgan fingerprint density at radius 3 is 2.83 bits per heavy atom. The average molecular weight is 321 g/mol. The maximum Gasteiger partial charge on any atom is 0.239 e. The van der Waals surface area contributed by atoms with Crippen LogP contribution in [-0.2, 0) is 17.8 Å². The van der Waals surface area contributed by atoms with Crippen LogP contribution in [0.15, 0.2) is 65.8 Å². The number of benzene rings is 1. The highest BCUT2D eigenvalue weighted by Gasteiger charge is 2.06. The predicted molar refractivity (Wildman–Crippen MR) is 93.8 cm³/mol. The second-order valence-corrected chi connectivity index (χ2v) is 5.64. The Morgan fingerprint density at radius 1 is 1.12 bits per heavy atom. The number of hydrogen-bond acceptors (Lipinski definition) is 3. The van der Waals surface area contributed by atoms with Gasteiger partial charge in [0.1, 0.15) is 6.54 Å². The molecule has 3 rings (SSSR count). The molecule has 0 atom stereocenters. The summed E-state index contributed by atoms with van der Waals surface area (Å²) in [5.74, 6) is -0.0602. The van der Waals surface area contributed by atoms with E-state index in [-0.39, 0.29) is 17.9 Å². The zero-order valence-electron chi connectivity index (χ0n) is 13.3. The number of aromatic nitrogens is 2. The molecule has 1 N–H and O–H groups in total. The minimum absolute atomic E-state index is 0.0290. The summed E-state index contributed by atoms with van der Waals surface area (Å²) in [5, 5.41) is 3.55. The van der Waals surface area contributed by atoms with E-state index in [1.54, 1.807) is 23.0 Å². The van der Waals surface area contributed by atoms with E-state index in [1.165, 1.54) is 6.07 Å². The number of para-hydroxylation sites is 1. The lowest BCUT2D eigenvalue weighted by atomic mass is 10.1. The standard InChI is InChI=1S/C19H19N3O2/c23-18-9-12-22(17-8-2-1-7-16(17)18)14-19(24)21-11-4-6-15-5-3-10-20-13-15/h1-3,5,7-10,12-13H,4,6,11,14H2,(H,21,24). The van der Waals surface area contributed by atoms with Gasteiger partial charge < -0.3 is 9.88 Å². The number of rotatable bonds is 6. The monoisotopic (exact) mass is 321 g/mol. The van der Waals surface area contributed by atoms with Crippen molar-refractivity contribution >= 4 is 16.8 Å². The van der Waals surface area contributed by atoms with Gasteiger partial charge in [-0.2, -0.15) is 0 Å². The van der Waals surface area contributed by atoms with E-state index in [1.807, 2.05) is 36.5 Å². The zero-order chi connectivity index (χ0) is 16.8. The molecule has 0 aliphatic rings. The third kappa shape index (κ3) is 3.87. The second kappa shape index (κ2) is 7.55. The smallest absolute Gasteiger partial charge is 0.239 e. The molecule has 0 aliphatic heterocycles. The molecule has 0 spiro atoms. The first-order valence-corrected chi connectivity index (χ1v) is 7.98. The lowest BCUT2D eigenvalue weighted by molar-refractivity contribution is -0.121. The SMILES string of the molecule is O=C(Cn1ccc(=O)c2ccccc21)NCCCc1cccnc1. The molecule has 5 nitrogen and oxygen atoms in total. The van der Waals surface area contributed by atoms with Gasteiger partial charge in [0, 0.05) is 36.6 Å². The molecule has 3 aromatic rings. The molecule has 0 unspecified atom stereocenters. The molecule has 24 heavy (non-hydrogen) atoms. The molecule has 1 aromatic carbocycles. The van der Waals surface area contributed by atoms with Gasteiger partial charge in [0.25, 0.3) is 0 Å². The van der Waals surface area contributed by atoms with Crippen molar-refractivity contribution < 1.29 is 4.79 Å². The summed E-state index contributed by atoms with van der Waals surface area (Å²) in [6.45, 7) is 0.819. The number of carbonyl (C=O) groups is 1. The van der Waals surface area contributed by atoms with Crippen LogP contribution in [0, 0.1) is 0 Å². The molecular formula is C19H19N3O2. The van der Waals surface area contributed by atoms with Crippen LogP contribution in [0.4, 0.5) is 0 Å². The van der Waals surface area contributed by atoms with Crippen molar-refractivity contribution in [1.29, 1.82) is 0 Å². The van der Waals surface area contributed by atoms with Gasteiger partial charge in [-0.3, -0.25) is 14.6 Å². The first-order chi connectivity index (χ1) is 11.7. The quantitative estimate of drug-likeness (QED) is 0.708. The number of amides is 1. The van der Waals surface area contributed by atoms with Crippen LogP contribution < -0.4 is 10.7 Å². The highest BCUT2D eigenvalue weighted by atomic mass is 16.2. The Balaban J connectivity index is 1.56. The third-order valence-electron chi connectivity index (χ3n) is 3.89. The molecule has 0 aliphatic carbocycles. The van der Waals surface area contributed by atoms with E-state index in [9.17, 15) is 9.59 Å². The predicted octanol–water partition coefficient (Wildman–Crippen LogP) is 2.15. The van der Waals surface area contributed by atoms with Crippen molar-refractivity contribution in [2.45, 2.75) is 19.4 Å². The van der Waals surface area contributed by atoms with Gasteiger partial charge in [-0.15, -0.1) is 0 Å². The Morgan fingerprint density at radius 2 is 2.00 bits per heavy atom. The van der Waals surface area contributed by atoms with Crippen LogP contribution in [0.2, 0.25) is 0 Å². The summed E-state index contributed by atoms with van der Waals surface area (Å²) in [4.78, 5) is 28.0. The fraction of sp³-hybridized carbons (Fsp3) is 0.211. The summed E-state index contributed by atoms with van der Waals surface area (Å²) in [6.07, 6.45) is 7.01. The van der Waals surface area contributed by atoms with Gasteiger partial charge >= 0.3 is 0 Å². The maximum absolute atomic E-state index is 12.1. The number of nitrogens with zero attached hydrogens (tertiary/aromatic N) is 2. The van der Waals surface area contributed by atoms with Crippen LogP contribution in [0.5, 0.6) is 0 Å². The van der Waals surface area contributed by atoms with Crippen molar-refractivity contribution in [3.05, 3.63) is 76.8 Å². The molecule has 0 saturated carbocycles. The van der Waals surface area contributed by atoms with Crippen molar-refractivity contribution in [2.24, 2.45) is 0 Å². The number of aryl methyl sites for hydroxylation is 1. The Hall–Kier alpha value is -2.95. The molecule has 0 bridgehead atoms. The molecule has 0 fully saturated rings. The lowest BCUT2D eigenvalue weighted by Crippen LogP contribution is -2.29. The van der Waals surface area contributed by atoms with Gasteiger partial charge in [-0.1, -0.05) is 18.2 Å². The van der Waals surface area contributed by atoms with E-state index in [4.69, 9.17) is 0 Å². The van der Waals surface area contributed by atoms with Crippen LogP contribution >= 0.6 is 0 Å². The first-order valence-electron chi connectivity index (χ1n) is 7.98. The van der Waals surface area contributed by atoms with Gasteiger partial charge in [-0.25, -0.2) is 0 Å². The summed E-state index contributed by atoms with van der Waals surface area (Å²) in [6, 6.07) is 12.8. The summed E-state index contributed by atoms with van der Waals surface area (Å²) < 4.78 is 1.80. The summed E-state index contributed by atoms with van der Waals surface area (Å²) in [5.41, 5.74) is 1.91. The van der Waals surface area contributed by atoms with Crippen molar-refractivity contribution in [2.75, 3.05) is 6.54 Å². The van der Waals surface area contributed by atoms with Gasteiger partial charge in [-0.05, 0) is 36.6 Å². The normalized spacial score (nSPS) is 10.7. The van der Waals surface area contributed by atoms with Gasteiger partial charge in [0.05, 0.1) is 5.52 Å². The number of fused-ring (bicyclic) bond motifs is 1. The van der Waals surface area contributed by atoms with Gasteiger partial charge in [0.2, 0.25) is 5.91 Å². The van der Waals surface area contributed by atoms with Crippen LogP contribution in [0.25, 0.3) is 10.9 Å². The van der Waals surface area contributed by atoms with Crippen molar-refractivity contribution in [3.63, 3.8) is 0 Å². The lowest BCUT2D eigenvalue weighted by Gasteiger charge is -2.11. The van der Waals surface area contributed by atoms with Crippen molar-refractivity contribution in [3.8, 4) is 0 Å². The largest absolute Gasteiger partial charge is 0.355 e. The van der Waals surface area contributed by atoms with E-state index < -0.39 is 0 Å². The Kier molecular flexibility index (Phi) is 5.01. The number of hydrogen-bond donors (Lipinski definition) is 1. The summed E-state index contributed by atoms with van der Waals surface area (Å²) >= 11 is 0. The average Bonchev–Trinajstić information content (AvgIpc) is 2.62. The molecule has 122 valence electrons. The van der Waals surface area contributed by atoms with E-state index in [2.05, 4.69) is 10.3 Å². The fourth-order valence-electron chi connectivity index (χ4n) is 2.68. The molecule has 2 aromatic heterocycles. The van der Waals surface area contributed by atoms with E-state index >= 15 is 0 Å². The number of pyridine rings is 2. The topological polar surface area (TPSA) is 64.0 Å². The molecule has 0 saturated heterocycles. The van der Waals surface area contributed by atoms with E-state index in [0.29, 0.717) is 11.9 Å². The zero-order valence-corrected chi connectivity index (χ0v) is 13.3. The van der Waals surface area contributed by atoms with Crippen molar-refractivity contribution in [1.82, 2.24) is 14.9 Å². The highest BCUT2D eigenvalue weighted by Crippen LogP contribution is 2.09. The highest BCUT2D eigenvalue weighted by molar-refractivity contribution is 5.82.